The molecule has 0 saturated carbocycles. The number of hydrogen-bond donors (Lipinski definition) is 1. The second kappa shape index (κ2) is 4.21. The van der Waals surface area contributed by atoms with Crippen LogP contribution in [0.4, 0.5) is 26.3 Å². The van der Waals surface area contributed by atoms with E-state index in [4.69, 9.17) is 5.73 Å². The Morgan fingerprint density at radius 2 is 1.71 bits per heavy atom. The van der Waals surface area contributed by atoms with Crippen LogP contribution in [0.1, 0.15) is 18.1 Å². The first-order valence-electron chi connectivity index (χ1n) is 4.51. The van der Waals surface area contributed by atoms with E-state index >= 15 is 0 Å². The first-order chi connectivity index (χ1) is 7.56. The lowest BCUT2D eigenvalue weighted by molar-refractivity contribution is -0.140. The van der Waals surface area contributed by atoms with Crippen molar-refractivity contribution >= 4 is 0 Å². The zero-order valence-corrected chi connectivity index (χ0v) is 8.65. The van der Waals surface area contributed by atoms with E-state index in [-0.39, 0.29) is 0 Å². The number of rotatable bonds is 2. The van der Waals surface area contributed by atoms with E-state index in [1.807, 2.05) is 0 Å². The second-order valence-electron chi connectivity index (χ2n) is 3.78. The third kappa shape index (κ3) is 2.71. The van der Waals surface area contributed by atoms with Gasteiger partial charge in [-0.15, -0.1) is 0 Å². The molecule has 1 rings (SSSR count). The van der Waals surface area contributed by atoms with Crippen molar-refractivity contribution in [3.8, 4) is 0 Å². The molecule has 1 atom stereocenters. The Hall–Kier alpha value is -1.24. The lowest BCUT2D eigenvalue weighted by Gasteiger charge is -2.25. The lowest BCUT2D eigenvalue weighted by atomic mass is 9.92. The van der Waals surface area contributed by atoms with Crippen LogP contribution in [0.25, 0.3) is 0 Å². The van der Waals surface area contributed by atoms with Gasteiger partial charge in [0.1, 0.15) is 5.82 Å². The molecule has 96 valence electrons. The fourth-order valence-electron chi connectivity index (χ4n) is 1.20. The van der Waals surface area contributed by atoms with Crippen molar-refractivity contribution < 1.29 is 26.3 Å². The molecule has 0 spiro atoms. The summed E-state index contributed by atoms with van der Waals surface area (Å²) in [6.07, 6.45) is -8.01. The Bertz CT molecular complexity index is 410. The SMILES string of the molecule is CC(N)(c1ccc(F)c(C(F)(F)F)c1)C(F)F. The Morgan fingerprint density at radius 1 is 1.18 bits per heavy atom. The quantitative estimate of drug-likeness (QED) is 0.808. The van der Waals surface area contributed by atoms with Crippen molar-refractivity contribution in [2.24, 2.45) is 5.73 Å². The molecule has 0 radical (unpaired) electrons. The van der Waals surface area contributed by atoms with Gasteiger partial charge >= 0.3 is 6.18 Å². The highest BCUT2D eigenvalue weighted by atomic mass is 19.4. The van der Waals surface area contributed by atoms with E-state index in [0.29, 0.717) is 12.1 Å². The molecule has 0 aliphatic rings. The summed E-state index contributed by atoms with van der Waals surface area (Å²) < 4.78 is 75.0. The Morgan fingerprint density at radius 3 is 2.12 bits per heavy atom. The summed E-state index contributed by atoms with van der Waals surface area (Å²) in [4.78, 5) is 0. The smallest absolute Gasteiger partial charge is 0.317 e. The molecule has 0 amide bonds. The van der Waals surface area contributed by atoms with Crippen LogP contribution in [-0.2, 0) is 11.7 Å². The van der Waals surface area contributed by atoms with Crippen LogP contribution in [0.15, 0.2) is 18.2 Å². The normalized spacial score (nSPS) is 16.1. The molecule has 0 aliphatic heterocycles. The average Bonchev–Trinajstić information content (AvgIpc) is 2.15. The molecule has 0 bridgehead atoms. The standard InChI is InChI=1S/C10H9F6N/c1-9(17,8(12)13)5-2-3-7(11)6(4-5)10(14,15)16/h2-4,8H,17H2,1H3. The molecular formula is C10H9F6N. The highest BCUT2D eigenvalue weighted by Crippen LogP contribution is 2.34. The van der Waals surface area contributed by atoms with Crippen molar-refractivity contribution in [3.63, 3.8) is 0 Å². The predicted octanol–water partition coefficient (Wildman–Crippen LogP) is 3.28. The average molecular weight is 257 g/mol. The predicted molar refractivity (Wildman–Crippen MR) is 48.9 cm³/mol. The van der Waals surface area contributed by atoms with Gasteiger partial charge in [0.15, 0.2) is 0 Å². The first kappa shape index (κ1) is 13.8. The van der Waals surface area contributed by atoms with E-state index in [9.17, 15) is 26.3 Å². The van der Waals surface area contributed by atoms with Gasteiger partial charge in [-0.2, -0.15) is 13.2 Å². The summed E-state index contributed by atoms with van der Waals surface area (Å²) in [5.41, 5.74) is 0.872. The van der Waals surface area contributed by atoms with Gasteiger partial charge in [-0.1, -0.05) is 6.07 Å². The molecule has 1 nitrogen and oxygen atoms in total. The zero-order chi connectivity index (χ0) is 13.4. The third-order valence-corrected chi connectivity index (χ3v) is 2.35. The number of alkyl halides is 5. The molecule has 0 aromatic heterocycles. The largest absolute Gasteiger partial charge is 0.419 e. The molecule has 1 aromatic carbocycles. The molecule has 0 fully saturated rings. The van der Waals surface area contributed by atoms with Crippen molar-refractivity contribution in [1.29, 1.82) is 0 Å². The highest BCUT2D eigenvalue weighted by molar-refractivity contribution is 5.32. The second-order valence-corrected chi connectivity index (χ2v) is 3.78. The van der Waals surface area contributed by atoms with Gasteiger partial charge in [0.25, 0.3) is 6.43 Å². The highest BCUT2D eigenvalue weighted by Gasteiger charge is 2.38. The van der Waals surface area contributed by atoms with Gasteiger partial charge in [-0.05, 0) is 24.6 Å². The summed E-state index contributed by atoms with van der Waals surface area (Å²) in [6, 6.07) is 1.60. The van der Waals surface area contributed by atoms with Gasteiger partial charge in [-0.3, -0.25) is 0 Å². The topological polar surface area (TPSA) is 26.0 Å². The van der Waals surface area contributed by atoms with Crippen molar-refractivity contribution in [2.45, 2.75) is 25.1 Å². The summed E-state index contributed by atoms with van der Waals surface area (Å²) in [7, 11) is 0. The Labute approximate surface area is 93.2 Å². The van der Waals surface area contributed by atoms with Crippen LogP contribution in [0.3, 0.4) is 0 Å². The van der Waals surface area contributed by atoms with Crippen LogP contribution in [0, 0.1) is 5.82 Å². The van der Waals surface area contributed by atoms with Crippen LogP contribution in [0.2, 0.25) is 0 Å². The lowest BCUT2D eigenvalue weighted by Crippen LogP contribution is -2.40. The molecule has 1 aromatic rings. The maximum Gasteiger partial charge on any atom is 0.419 e. The molecular weight excluding hydrogens is 248 g/mol. The summed E-state index contributed by atoms with van der Waals surface area (Å²) in [5, 5.41) is 0. The van der Waals surface area contributed by atoms with E-state index in [2.05, 4.69) is 0 Å². The Kier molecular flexibility index (Phi) is 3.42. The van der Waals surface area contributed by atoms with E-state index in [1.54, 1.807) is 0 Å². The summed E-state index contributed by atoms with van der Waals surface area (Å²) in [5.74, 6) is -1.52. The molecule has 7 heteroatoms. The minimum atomic E-state index is -4.95. The maximum atomic E-state index is 12.9. The number of hydrogen-bond acceptors (Lipinski definition) is 1. The van der Waals surface area contributed by atoms with E-state index in [1.165, 1.54) is 0 Å². The molecule has 1 unspecified atom stereocenters. The van der Waals surface area contributed by atoms with Gasteiger partial charge in [0.2, 0.25) is 0 Å². The van der Waals surface area contributed by atoms with Crippen molar-refractivity contribution in [1.82, 2.24) is 0 Å². The van der Waals surface area contributed by atoms with Gasteiger partial charge in [-0.25, -0.2) is 13.2 Å². The van der Waals surface area contributed by atoms with Crippen LogP contribution in [-0.4, -0.2) is 6.43 Å². The number of benzene rings is 1. The fourth-order valence-corrected chi connectivity index (χ4v) is 1.20. The van der Waals surface area contributed by atoms with Gasteiger partial charge in [0, 0.05) is 0 Å². The van der Waals surface area contributed by atoms with E-state index in [0.717, 1.165) is 13.0 Å². The van der Waals surface area contributed by atoms with E-state index < -0.39 is 35.1 Å². The Balaban J connectivity index is 3.32. The zero-order valence-electron chi connectivity index (χ0n) is 8.65. The molecule has 17 heavy (non-hydrogen) atoms. The monoisotopic (exact) mass is 257 g/mol. The molecule has 2 N–H and O–H groups in total. The minimum Gasteiger partial charge on any atom is -0.317 e. The number of halogens is 6. The van der Waals surface area contributed by atoms with Gasteiger partial charge < -0.3 is 5.73 Å². The molecule has 0 heterocycles. The first-order valence-corrected chi connectivity index (χ1v) is 4.51. The van der Waals surface area contributed by atoms with Crippen molar-refractivity contribution in [3.05, 3.63) is 35.1 Å². The molecule has 0 aliphatic carbocycles. The molecule has 0 saturated heterocycles. The van der Waals surface area contributed by atoms with Crippen LogP contribution < -0.4 is 5.73 Å². The fraction of sp³-hybridized carbons (Fsp3) is 0.400. The third-order valence-electron chi connectivity index (χ3n) is 2.35. The summed E-state index contributed by atoms with van der Waals surface area (Å²) in [6.45, 7) is 0.880. The van der Waals surface area contributed by atoms with Crippen LogP contribution in [0.5, 0.6) is 0 Å². The maximum absolute atomic E-state index is 12.9. The van der Waals surface area contributed by atoms with Gasteiger partial charge in [0.05, 0.1) is 11.1 Å². The van der Waals surface area contributed by atoms with Crippen LogP contribution >= 0.6 is 0 Å². The van der Waals surface area contributed by atoms with Crippen molar-refractivity contribution in [2.75, 3.05) is 0 Å². The summed E-state index contributed by atoms with van der Waals surface area (Å²) >= 11 is 0. The minimum absolute atomic E-state index is 0.307. The number of nitrogens with two attached hydrogens (primary N) is 1.